The highest BCUT2D eigenvalue weighted by atomic mass is 16.6. The lowest BCUT2D eigenvalue weighted by atomic mass is 10.1. The summed E-state index contributed by atoms with van der Waals surface area (Å²) < 4.78 is 4.98. The molecule has 1 heterocycles. The van der Waals surface area contributed by atoms with Crippen LogP contribution in [0.25, 0.3) is 0 Å². The van der Waals surface area contributed by atoms with Crippen LogP contribution in [0.2, 0.25) is 0 Å². The van der Waals surface area contributed by atoms with Crippen molar-refractivity contribution in [3.05, 3.63) is 24.3 Å². The normalized spacial score (nSPS) is 23.4. The molecule has 0 aliphatic carbocycles. The highest BCUT2D eigenvalue weighted by Crippen LogP contribution is 2.22. The van der Waals surface area contributed by atoms with Gasteiger partial charge in [0.1, 0.15) is 6.10 Å². The van der Waals surface area contributed by atoms with Gasteiger partial charge in [-0.1, -0.05) is 13.2 Å². The Morgan fingerprint density at radius 1 is 1.67 bits per heavy atom. The maximum absolute atomic E-state index is 5.32. The van der Waals surface area contributed by atoms with Crippen molar-refractivity contribution < 1.29 is 4.74 Å². The van der Waals surface area contributed by atoms with E-state index in [0.717, 1.165) is 17.8 Å². The molecule has 0 aromatic heterocycles. The van der Waals surface area contributed by atoms with E-state index < -0.39 is 0 Å². The predicted molar refractivity (Wildman–Crippen MR) is 37.1 cm³/mol. The Morgan fingerprint density at radius 2 is 2.22 bits per heavy atom. The first kappa shape index (κ1) is 6.52. The molecule has 1 unspecified atom stereocenters. The van der Waals surface area contributed by atoms with E-state index in [0.29, 0.717) is 6.54 Å². The number of nitrogens with two attached hydrogens (primary N) is 1. The summed E-state index contributed by atoms with van der Waals surface area (Å²) in [6.07, 6.45) is 0.223. The van der Waals surface area contributed by atoms with Crippen molar-refractivity contribution in [3.63, 3.8) is 0 Å². The van der Waals surface area contributed by atoms with Crippen LogP contribution in [0.3, 0.4) is 0 Å². The Hall–Kier alpha value is -0.600. The third kappa shape index (κ3) is 1.40. The number of hydrogen-bond donors (Lipinski definition) is 1. The molecule has 50 valence electrons. The summed E-state index contributed by atoms with van der Waals surface area (Å²) in [6, 6.07) is 0. The summed E-state index contributed by atoms with van der Waals surface area (Å²) in [4.78, 5) is 0. The van der Waals surface area contributed by atoms with Crippen LogP contribution in [-0.4, -0.2) is 19.3 Å². The second-order valence-corrected chi connectivity index (χ2v) is 2.15. The minimum atomic E-state index is 0.223. The zero-order valence-corrected chi connectivity index (χ0v) is 5.39. The lowest BCUT2D eigenvalue weighted by Crippen LogP contribution is -2.06. The molecule has 0 amide bonds. The molecule has 0 saturated carbocycles. The fraction of sp³-hybridized carbons (Fsp3) is 0.429. The van der Waals surface area contributed by atoms with Crippen LogP contribution in [0.1, 0.15) is 0 Å². The smallest absolute Gasteiger partial charge is 0.106 e. The molecule has 0 radical (unpaired) electrons. The van der Waals surface area contributed by atoms with Crippen LogP contribution in [0.5, 0.6) is 0 Å². The summed E-state index contributed by atoms with van der Waals surface area (Å²) in [5.74, 6) is 0. The van der Waals surface area contributed by atoms with E-state index in [2.05, 4.69) is 13.2 Å². The molecule has 2 nitrogen and oxygen atoms in total. The highest BCUT2D eigenvalue weighted by Gasteiger charge is 2.26. The van der Waals surface area contributed by atoms with E-state index in [1.54, 1.807) is 0 Å². The average Bonchev–Trinajstić information content (AvgIpc) is 2.66. The Kier molecular flexibility index (Phi) is 1.69. The van der Waals surface area contributed by atoms with Gasteiger partial charge < -0.3 is 10.5 Å². The molecule has 0 bridgehead atoms. The molecular weight excluding hydrogens is 114 g/mol. The van der Waals surface area contributed by atoms with Gasteiger partial charge in [-0.2, -0.15) is 0 Å². The molecule has 1 aliphatic heterocycles. The minimum Gasteiger partial charge on any atom is -0.368 e. The van der Waals surface area contributed by atoms with Gasteiger partial charge in [0, 0.05) is 6.54 Å². The van der Waals surface area contributed by atoms with Gasteiger partial charge in [-0.25, -0.2) is 0 Å². The molecule has 0 spiro atoms. The van der Waals surface area contributed by atoms with Crippen LogP contribution in [0.4, 0.5) is 0 Å². The van der Waals surface area contributed by atoms with Gasteiger partial charge in [-0.05, 0) is 11.1 Å². The summed E-state index contributed by atoms with van der Waals surface area (Å²) in [5, 5.41) is 0. The van der Waals surface area contributed by atoms with E-state index in [1.807, 2.05) is 0 Å². The zero-order chi connectivity index (χ0) is 6.85. The Balaban J connectivity index is 2.40. The third-order valence-electron chi connectivity index (χ3n) is 1.42. The van der Waals surface area contributed by atoms with Crippen molar-refractivity contribution in [1.82, 2.24) is 0 Å². The lowest BCUT2D eigenvalue weighted by molar-refractivity contribution is 0.433. The molecule has 2 heteroatoms. The van der Waals surface area contributed by atoms with Crippen LogP contribution < -0.4 is 5.73 Å². The molecule has 1 rings (SSSR count). The van der Waals surface area contributed by atoms with Crippen molar-refractivity contribution in [2.24, 2.45) is 5.73 Å². The molecule has 1 saturated heterocycles. The first-order valence-electron chi connectivity index (χ1n) is 2.94. The molecule has 0 aromatic rings. The summed E-state index contributed by atoms with van der Waals surface area (Å²) in [6.45, 7) is 8.79. The van der Waals surface area contributed by atoms with Crippen molar-refractivity contribution in [2.75, 3.05) is 13.2 Å². The van der Waals surface area contributed by atoms with Crippen LogP contribution >= 0.6 is 0 Å². The number of epoxide rings is 1. The van der Waals surface area contributed by atoms with Crippen molar-refractivity contribution in [3.8, 4) is 0 Å². The molecule has 2 N–H and O–H groups in total. The number of rotatable bonds is 3. The van der Waals surface area contributed by atoms with Crippen LogP contribution in [-0.2, 0) is 4.74 Å². The minimum absolute atomic E-state index is 0.223. The SMILES string of the molecule is C=C(CN)C(=C)C1CO1. The second kappa shape index (κ2) is 2.33. The zero-order valence-electron chi connectivity index (χ0n) is 5.39. The molecule has 9 heavy (non-hydrogen) atoms. The van der Waals surface area contributed by atoms with Crippen molar-refractivity contribution >= 4 is 0 Å². The first-order valence-corrected chi connectivity index (χ1v) is 2.94. The maximum atomic E-state index is 5.32. The molecule has 1 atom stereocenters. The van der Waals surface area contributed by atoms with Crippen molar-refractivity contribution in [2.45, 2.75) is 6.10 Å². The van der Waals surface area contributed by atoms with Gasteiger partial charge in [0.2, 0.25) is 0 Å². The van der Waals surface area contributed by atoms with E-state index >= 15 is 0 Å². The Labute approximate surface area is 55.0 Å². The predicted octanol–water partition coefficient (Wildman–Crippen LogP) is 0.456. The van der Waals surface area contributed by atoms with Gasteiger partial charge in [-0.3, -0.25) is 0 Å². The van der Waals surface area contributed by atoms with Gasteiger partial charge >= 0.3 is 0 Å². The molecule has 1 aliphatic rings. The molecule has 0 aromatic carbocycles. The van der Waals surface area contributed by atoms with E-state index in [1.165, 1.54) is 0 Å². The van der Waals surface area contributed by atoms with E-state index in [-0.39, 0.29) is 6.10 Å². The Bertz CT molecular complexity index is 147. The molecule has 1 fully saturated rings. The summed E-state index contributed by atoms with van der Waals surface area (Å²) >= 11 is 0. The third-order valence-corrected chi connectivity index (χ3v) is 1.42. The first-order chi connectivity index (χ1) is 4.25. The summed E-state index contributed by atoms with van der Waals surface area (Å²) in [7, 11) is 0. The quantitative estimate of drug-likeness (QED) is 0.439. The maximum Gasteiger partial charge on any atom is 0.106 e. The van der Waals surface area contributed by atoms with Gasteiger partial charge in [0.25, 0.3) is 0 Å². The van der Waals surface area contributed by atoms with Gasteiger partial charge in [-0.15, -0.1) is 0 Å². The van der Waals surface area contributed by atoms with Crippen LogP contribution in [0.15, 0.2) is 24.3 Å². The van der Waals surface area contributed by atoms with E-state index in [4.69, 9.17) is 10.5 Å². The highest BCUT2D eigenvalue weighted by molar-refractivity contribution is 5.32. The number of hydrogen-bond acceptors (Lipinski definition) is 2. The van der Waals surface area contributed by atoms with E-state index in [9.17, 15) is 0 Å². The topological polar surface area (TPSA) is 38.5 Å². The second-order valence-electron chi connectivity index (χ2n) is 2.15. The summed E-state index contributed by atoms with van der Waals surface area (Å²) in [5.41, 5.74) is 7.18. The monoisotopic (exact) mass is 125 g/mol. The fourth-order valence-electron chi connectivity index (χ4n) is 0.608. The largest absolute Gasteiger partial charge is 0.368 e. The van der Waals surface area contributed by atoms with Crippen LogP contribution in [0, 0.1) is 0 Å². The fourth-order valence-corrected chi connectivity index (χ4v) is 0.608. The standard InChI is InChI=1S/C7H11NO/c1-5(3-8)6(2)7-4-9-7/h7H,1-4,8H2. The Morgan fingerprint density at radius 3 is 2.56 bits per heavy atom. The van der Waals surface area contributed by atoms with Crippen molar-refractivity contribution in [1.29, 1.82) is 0 Å². The van der Waals surface area contributed by atoms with Gasteiger partial charge in [0.15, 0.2) is 0 Å². The lowest BCUT2D eigenvalue weighted by Gasteiger charge is -2.00. The average molecular weight is 125 g/mol. The molecular formula is C7H11NO. The van der Waals surface area contributed by atoms with Gasteiger partial charge in [0.05, 0.1) is 6.61 Å². The number of ether oxygens (including phenoxy) is 1.